The van der Waals surface area contributed by atoms with Crippen LogP contribution in [0.5, 0.6) is 0 Å². The number of carboxylic acid groups (broad SMARTS) is 1. The van der Waals surface area contributed by atoms with Crippen molar-refractivity contribution >= 4 is 29.6 Å². The maximum absolute atomic E-state index is 13.3. The third kappa shape index (κ3) is 11.1. The SMILES string of the molecule is CC(C)(C)NC(=O)[C@H](Cc1ccccc1)NC(=O)[C@H](CC(=O)O)NC(=O)[C@@H]1CCCN(C(=O)CCC2CCNCC2)C1. The van der Waals surface area contributed by atoms with Gasteiger partial charge in [-0.05, 0) is 77.4 Å². The fraction of sp³-hybridized carbons (Fsp3) is 0.645. The molecule has 5 N–H and O–H groups in total. The molecule has 0 aromatic heterocycles. The van der Waals surface area contributed by atoms with Crippen LogP contribution in [0.3, 0.4) is 0 Å². The van der Waals surface area contributed by atoms with Crippen LogP contribution in [-0.4, -0.2) is 83.4 Å². The molecule has 0 saturated carbocycles. The Balaban J connectivity index is 1.63. The molecule has 2 heterocycles. The van der Waals surface area contributed by atoms with Crippen LogP contribution in [0.2, 0.25) is 0 Å². The van der Waals surface area contributed by atoms with Gasteiger partial charge in [0.15, 0.2) is 0 Å². The second-order valence-corrected chi connectivity index (χ2v) is 12.6. The molecule has 11 nitrogen and oxygen atoms in total. The molecule has 0 aliphatic carbocycles. The molecule has 232 valence electrons. The second kappa shape index (κ2) is 15.7. The monoisotopic (exact) mass is 585 g/mol. The summed E-state index contributed by atoms with van der Waals surface area (Å²) in [4.78, 5) is 66.0. The van der Waals surface area contributed by atoms with Gasteiger partial charge in [0.2, 0.25) is 23.6 Å². The number of hydrogen-bond donors (Lipinski definition) is 5. The summed E-state index contributed by atoms with van der Waals surface area (Å²) in [5.41, 5.74) is 0.265. The Bertz CT molecular complexity index is 1080. The number of amides is 4. The van der Waals surface area contributed by atoms with E-state index < -0.39 is 53.7 Å². The number of nitrogens with one attached hydrogen (secondary N) is 4. The summed E-state index contributed by atoms with van der Waals surface area (Å²) >= 11 is 0. The van der Waals surface area contributed by atoms with Crippen LogP contribution in [-0.2, 0) is 30.4 Å². The molecule has 2 aliphatic heterocycles. The van der Waals surface area contributed by atoms with Gasteiger partial charge in [-0.2, -0.15) is 0 Å². The quantitative estimate of drug-likeness (QED) is 0.249. The van der Waals surface area contributed by atoms with Gasteiger partial charge in [0.1, 0.15) is 12.1 Å². The maximum atomic E-state index is 13.3. The number of carbonyl (C=O) groups is 5. The highest BCUT2D eigenvalue weighted by molar-refractivity contribution is 5.94. The van der Waals surface area contributed by atoms with Crippen LogP contribution in [0, 0.1) is 11.8 Å². The summed E-state index contributed by atoms with van der Waals surface area (Å²) in [5, 5.41) is 21.0. The first-order valence-electron chi connectivity index (χ1n) is 15.1. The average Bonchev–Trinajstić information content (AvgIpc) is 2.95. The van der Waals surface area contributed by atoms with Gasteiger partial charge in [-0.25, -0.2) is 0 Å². The first kappa shape index (κ1) is 33.0. The van der Waals surface area contributed by atoms with Gasteiger partial charge in [-0.1, -0.05) is 30.3 Å². The van der Waals surface area contributed by atoms with Gasteiger partial charge in [0.05, 0.1) is 12.3 Å². The number of carboxylic acids is 1. The Kier molecular flexibility index (Phi) is 12.3. The molecule has 0 radical (unpaired) electrons. The van der Waals surface area contributed by atoms with Crippen molar-refractivity contribution in [2.24, 2.45) is 11.8 Å². The Labute approximate surface area is 248 Å². The molecule has 3 atom stereocenters. The normalized spacial score (nSPS) is 19.3. The number of likely N-dealkylation sites (tertiary alicyclic amines) is 1. The van der Waals surface area contributed by atoms with Crippen molar-refractivity contribution in [2.75, 3.05) is 26.2 Å². The van der Waals surface area contributed by atoms with E-state index in [4.69, 9.17) is 0 Å². The van der Waals surface area contributed by atoms with Crippen LogP contribution in [0.4, 0.5) is 0 Å². The largest absolute Gasteiger partial charge is 0.481 e. The lowest BCUT2D eigenvalue weighted by atomic mass is 9.92. The summed E-state index contributed by atoms with van der Waals surface area (Å²) in [7, 11) is 0. The van der Waals surface area contributed by atoms with Crippen LogP contribution >= 0.6 is 0 Å². The number of piperidine rings is 2. The molecule has 2 fully saturated rings. The summed E-state index contributed by atoms with van der Waals surface area (Å²) in [6.07, 6.45) is 4.16. The van der Waals surface area contributed by atoms with Crippen molar-refractivity contribution in [3.05, 3.63) is 35.9 Å². The Morgan fingerprint density at radius 2 is 1.67 bits per heavy atom. The van der Waals surface area contributed by atoms with Crippen molar-refractivity contribution in [3.8, 4) is 0 Å². The van der Waals surface area contributed by atoms with E-state index in [9.17, 15) is 29.1 Å². The van der Waals surface area contributed by atoms with E-state index in [-0.39, 0.29) is 18.9 Å². The molecule has 11 heteroatoms. The smallest absolute Gasteiger partial charge is 0.305 e. The number of carbonyl (C=O) groups excluding carboxylic acids is 4. The molecule has 2 aliphatic rings. The summed E-state index contributed by atoms with van der Waals surface area (Å²) < 4.78 is 0. The average molecular weight is 586 g/mol. The first-order chi connectivity index (χ1) is 19.9. The van der Waals surface area contributed by atoms with Crippen molar-refractivity contribution in [3.63, 3.8) is 0 Å². The number of rotatable bonds is 12. The fourth-order valence-electron chi connectivity index (χ4n) is 5.54. The zero-order chi connectivity index (χ0) is 30.7. The highest BCUT2D eigenvalue weighted by atomic mass is 16.4. The van der Waals surface area contributed by atoms with Crippen molar-refractivity contribution in [1.29, 1.82) is 0 Å². The highest BCUT2D eigenvalue weighted by Gasteiger charge is 2.34. The molecule has 1 aromatic carbocycles. The molecule has 0 spiro atoms. The van der Waals surface area contributed by atoms with Gasteiger partial charge in [0.25, 0.3) is 0 Å². The molecule has 0 bridgehead atoms. The van der Waals surface area contributed by atoms with Gasteiger partial charge in [-0.15, -0.1) is 0 Å². The predicted molar refractivity (Wildman–Crippen MR) is 158 cm³/mol. The first-order valence-corrected chi connectivity index (χ1v) is 15.1. The molecular weight excluding hydrogens is 538 g/mol. The molecule has 1 aromatic rings. The topological polar surface area (TPSA) is 157 Å². The third-order valence-electron chi connectivity index (χ3n) is 7.80. The Morgan fingerprint density at radius 3 is 2.31 bits per heavy atom. The van der Waals surface area contributed by atoms with Crippen LogP contribution in [0.15, 0.2) is 30.3 Å². The van der Waals surface area contributed by atoms with Crippen LogP contribution in [0.25, 0.3) is 0 Å². The van der Waals surface area contributed by atoms with Gasteiger partial charge in [0, 0.05) is 31.5 Å². The third-order valence-corrected chi connectivity index (χ3v) is 7.80. The van der Waals surface area contributed by atoms with Crippen LogP contribution < -0.4 is 21.3 Å². The van der Waals surface area contributed by atoms with Crippen molar-refractivity contribution in [2.45, 2.75) is 89.8 Å². The fourth-order valence-corrected chi connectivity index (χ4v) is 5.54. The van der Waals surface area contributed by atoms with E-state index in [1.54, 1.807) is 4.90 Å². The number of nitrogens with zero attached hydrogens (tertiary/aromatic N) is 1. The molecule has 0 unspecified atom stereocenters. The Morgan fingerprint density at radius 1 is 0.976 bits per heavy atom. The van der Waals surface area contributed by atoms with E-state index in [0.717, 1.165) is 37.9 Å². The molecule has 2 saturated heterocycles. The van der Waals surface area contributed by atoms with Gasteiger partial charge < -0.3 is 31.3 Å². The van der Waals surface area contributed by atoms with Gasteiger partial charge in [-0.3, -0.25) is 24.0 Å². The minimum Gasteiger partial charge on any atom is -0.481 e. The number of hydrogen-bond acceptors (Lipinski definition) is 6. The number of aliphatic carboxylic acids is 1. The van der Waals surface area contributed by atoms with E-state index in [2.05, 4.69) is 21.3 Å². The second-order valence-electron chi connectivity index (χ2n) is 12.6. The summed E-state index contributed by atoms with van der Waals surface area (Å²) in [5.74, 6) is -2.87. The molecule has 4 amide bonds. The highest BCUT2D eigenvalue weighted by Crippen LogP contribution is 2.22. The van der Waals surface area contributed by atoms with E-state index >= 15 is 0 Å². The lowest BCUT2D eigenvalue weighted by molar-refractivity contribution is -0.141. The molecule has 42 heavy (non-hydrogen) atoms. The van der Waals surface area contributed by atoms with Crippen LogP contribution in [0.1, 0.15) is 71.3 Å². The minimum absolute atomic E-state index is 0.0273. The molecular formula is C31H47N5O6. The standard InChI is InChI=1S/C31H47N5O6/c1-31(2,3)35-30(42)24(18-22-8-5-4-6-9-22)34-29(41)25(19-27(38)39)33-28(40)23-10-7-17-36(20-23)26(37)12-11-21-13-15-32-16-14-21/h4-6,8-9,21,23-25,32H,7,10-20H2,1-3H3,(H,33,40)(H,34,41)(H,35,42)(H,38,39)/t23-,24+,25+/m1/s1. The van der Waals surface area contributed by atoms with E-state index in [1.165, 1.54) is 0 Å². The zero-order valence-corrected chi connectivity index (χ0v) is 25.1. The summed E-state index contributed by atoms with van der Waals surface area (Å²) in [6, 6.07) is 6.82. The summed E-state index contributed by atoms with van der Waals surface area (Å²) in [6.45, 7) is 8.25. The zero-order valence-electron chi connectivity index (χ0n) is 25.1. The van der Waals surface area contributed by atoms with Gasteiger partial charge >= 0.3 is 5.97 Å². The Hall–Kier alpha value is -3.47. The van der Waals surface area contributed by atoms with E-state index in [1.807, 2.05) is 51.1 Å². The lowest BCUT2D eigenvalue weighted by Crippen LogP contribution is -2.58. The number of benzene rings is 1. The lowest BCUT2D eigenvalue weighted by Gasteiger charge is -2.33. The van der Waals surface area contributed by atoms with E-state index in [0.29, 0.717) is 31.7 Å². The predicted octanol–water partition coefficient (Wildman–Crippen LogP) is 1.61. The van der Waals surface area contributed by atoms with Crippen molar-refractivity contribution in [1.82, 2.24) is 26.2 Å². The van der Waals surface area contributed by atoms with Crippen molar-refractivity contribution < 1.29 is 29.1 Å². The molecule has 3 rings (SSSR count). The maximum Gasteiger partial charge on any atom is 0.305 e. The minimum atomic E-state index is -1.37.